The van der Waals surface area contributed by atoms with Gasteiger partial charge in [-0.05, 0) is 24.3 Å². The highest BCUT2D eigenvalue weighted by Gasteiger charge is 2.22. The van der Waals surface area contributed by atoms with E-state index in [1.807, 2.05) is 0 Å². The van der Waals surface area contributed by atoms with Crippen molar-refractivity contribution in [2.45, 2.75) is 0 Å². The highest BCUT2D eigenvalue weighted by atomic mass is 35.5. The van der Waals surface area contributed by atoms with E-state index in [-0.39, 0.29) is 17.1 Å². The molecular weight excluding hydrogens is 364 g/mol. The van der Waals surface area contributed by atoms with Crippen LogP contribution in [0.5, 0.6) is 17.2 Å². The largest absolute Gasteiger partial charge is 0.493 e. The fourth-order valence-corrected chi connectivity index (χ4v) is 2.21. The summed E-state index contributed by atoms with van der Waals surface area (Å²) in [5, 5.41) is 2.92. The molecule has 0 spiro atoms. The minimum absolute atomic E-state index is 0.0996. The molecule has 26 heavy (non-hydrogen) atoms. The Kier molecular flexibility index (Phi) is 6.62. The Labute approximate surface area is 155 Å². The minimum Gasteiger partial charge on any atom is -0.493 e. The average molecular weight is 381 g/mol. The standard InChI is InChI=1S/C17H17ClN2O6/c1-23-12-6-5-11(15(24-2)16(12)25-3)17(22)26-9-14(21)20-13-7-4-10(18)8-19-13/h4-8H,9H2,1-3H3,(H,19,20,21). The lowest BCUT2D eigenvalue weighted by Gasteiger charge is -2.15. The van der Waals surface area contributed by atoms with Crippen molar-refractivity contribution in [1.29, 1.82) is 0 Å². The molecule has 0 bridgehead atoms. The summed E-state index contributed by atoms with van der Waals surface area (Å²) < 4.78 is 20.6. The number of carbonyl (C=O) groups excluding carboxylic acids is 2. The maximum atomic E-state index is 12.3. The molecule has 0 radical (unpaired) electrons. The first-order chi connectivity index (χ1) is 12.5. The van der Waals surface area contributed by atoms with E-state index in [1.165, 1.54) is 45.7 Å². The number of benzene rings is 1. The number of esters is 1. The van der Waals surface area contributed by atoms with Crippen LogP contribution in [0, 0.1) is 0 Å². The number of ether oxygens (including phenoxy) is 4. The maximum absolute atomic E-state index is 12.3. The summed E-state index contributed by atoms with van der Waals surface area (Å²) >= 11 is 5.72. The van der Waals surface area contributed by atoms with Gasteiger partial charge in [0.2, 0.25) is 5.75 Å². The molecule has 2 aromatic rings. The zero-order chi connectivity index (χ0) is 19.1. The first-order valence-electron chi connectivity index (χ1n) is 7.37. The number of anilines is 1. The van der Waals surface area contributed by atoms with Crippen molar-refractivity contribution in [3.8, 4) is 17.2 Å². The normalized spacial score (nSPS) is 10.0. The Hall–Kier alpha value is -3.00. The molecule has 0 aliphatic heterocycles. The Morgan fingerprint density at radius 1 is 1.04 bits per heavy atom. The number of hydrogen-bond acceptors (Lipinski definition) is 7. The minimum atomic E-state index is -0.748. The highest BCUT2D eigenvalue weighted by molar-refractivity contribution is 6.30. The molecule has 138 valence electrons. The lowest BCUT2D eigenvalue weighted by molar-refractivity contribution is -0.119. The van der Waals surface area contributed by atoms with Crippen molar-refractivity contribution in [1.82, 2.24) is 4.98 Å². The first kappa shape index (κ1) is 19.3. The third-order valence-electron chi connectivity index (χ3n) is 3.25. The van der Waals surface area contributed by atoms with E-state index < -0.39 is 18.5 Å². The van der Waals surface area contributed by atoms with Crippen LogP contribution in [0.4, 0.5) is 5.82 Å². The highest BCUT2D eigenvalue weighted by Crippen LogP contribution is 2.39. The summed E-state index contributed by atoms with van der Waals surface area (Å²) in [5.41, 5.74) is 0.0996. The van der Waals surface area contributed by atoms with E-state index >= 15 is 0 Å². The van der Waals surface area contributed by atoms with E-state index in [9.17, 15) is 9.59 Å². The van der Waals surface area contributed by atoms with Crippen LogP contribution in [0.15, 0.2) is 30.5 Å². The topological polar surface area (TPSA) is 96.0 Å². The van der Waals surface area contributed by atoms with Gasteiger partial charge in [-0.1, -0.05) is 11.6 Å². The number of hydrogen-bond donors (Lipinski definition) is 1. The van der Waals surface area contributed by atoms with Crippen LogP contribution >= 0.6 is 11.6 Å². The average Bonchev–Trinajstić information content (AvgIpc) is 2.66. The molecule has 2 rings (SSSR count). The van der Waals surface area contributed by atoms with Gasteiger partial charge in [-0.15, -0.1) is 0 Å². The molecule has 1 amide bonds. The fraction of sp³-hybridized carbons (Fsp3) is 0.235. The molecule has 0 saturated heterocycles. The van der Waals surface area contributed by atoms with Crippen molar-refractivity contribution in [3.05, 3.63) is 41.0 Å². The number of pyridine rings is 1. The van der Waals surface area contributed by atoms with Crippen LogP contribution in [0.2, 0.25) is 5.02 Å². The summed E-state index contributed by atoms with van der Waals surface area (Å²) in [6.45, 7) is -0.499. The van der Waals surface area contributed by atoms with Gasteiger partial charge in [-0.25, -0.2) is 9.78 Å². The van der Waals surface area contributed by atoms with Gasteiger partial charge in [-0.3, -0.25) is 4.79 Å². The van der Waals surface area contributed by atoms with E-state index in [0.29, 0.717) is 16.6 Å². The predicted molar refractivity (Wildman–Crippen MR) is 94.3 cm³/mol. The van der Waals surface area contributed by atoms with Gasteiger partial charge in [0.15, 0.2) is 18.1 Å². The van der Waals surface area contributed by atoms with Crippen molar-refractivity contribution < 1.29 is 28.5 Å². The predicted octanol–water partition coefficient (Wildman–Crippen LogP) is 2.56. The molecule has 0 fully saturated rings. The summed E-state index contributed by atoms with van der Waals surface area (Å²) in [7, 11) is 4.26. The third kappa shape index (κ3) is 4.54. The molecule has 0 aliphatic rings. The summed E-state index contributed by atoms with van der Waals surface area (Å²) in [4.78, 5) is 28.1. The number of amides is 1. The van der Waals surface area contributed by atoms with E-state index in [4.69, 9.17) is 30.5 Å². The molecule has 9 heteroatoms. The first-order valence-corrected chi connectivity index (χ1v) is 7.75. The van der Waals surface area contributed by atoms with Gasteiger partial charge >= 0.3 is 5.97 Å². The van der Waals surface area contributed by atoms with Crippen LogP contribution in [0.3, 0.4) is 0 Å². The quantitative estimate of drug-likeness (QED) is 0.737. The summed E-state index contributed by atoms with van der Waals surface area (Å²) in [5.74, 6) is -0.211. The Morgan fingerprint density at radius 3 is 2.35 bits per heavy atom. The zero-order valence-corrected chi connectivity index (χ0v) is 15.1. The molecule has 0 atom stereocenters. The van der Waals surface area contributed by atoms with E-state index in [0.717, 1.165) is 0 Å². The maximum Gasteiger partial charge on any atom is 0.342 e. The second-order valence-corrected chi connectivity index (χ2v) is 5.30. The SMILES string of the molecule is COc1ccc(C(=O)OCC(=O)Nc2ccc(Cl)cn2)c(OC)c1OC. The summed E-state index contributed by atoms with van der Waals surface area (Å²) in [6, 6.07) is 6.10. The molecular formula is C17H17ClN2O6. The number of halogens is 1. The molecule has 0 unspecified atom stereocenters. The smallest absolute Gasteiger partial charge is 0.342 e. The molecule has 8 nitrogen and oxygen atoms in total. The van der Waals surface area contributed by atoms with Crippen LogP contribution < -0.4 is 19.5 Å². The molecule has 1 aromatic carbocycles. The monoisotopic (exact) mass is 380 g/mol. The number of rotatable bonds is 7. The number of nitrogens with zero attached hydrogens (tertiary/aromatic N) is 1. The second-order valence-electron chi connectivity index (χ2n) is 4.87. The van der Waals surface area contributed by atoms with Crippen molar-refractivity contribution >= 4 is 29.3 Å². The molecule has 0 saturated carbocycles. The Morgan fingerprint density at radius 2 is 1.77 bits per heavy atom. The van der Waals surface area contributed by atoms with Gasteiger partial charge in [0.05, 0.1) is 26.4 Å². The molecule has 0 aliphatic carbocycles. The Bertz CT molecular complexity index is 795. The van der Waals surface area contributed by atoms with Crippen LogP contribution in [-0.2, 0) is 9.53 Å². The molecule has 1 heterocycles. The van der Waals surface area contributed by atoms with Crippen LogP contribution in [0.25, 0.3) is 0 Å². The van der Waals surface area contributed by atoms with Crippen molar-refractivity contribution in [2.75, 3.05) is 33.3 Å². The second kappa shape index (κ2) is 8.91. The number of carbonyl (C=O) groups is 2. The molecule has 1 aromatic heterocycles. The number of nitrogens with one attached hydrogen (secondary N) is 1. The van der Waals surface area contributed by atoms with Gasteiger partial charge in [-0.2, -0.15) is 0 Å². The van der Waals surface area contributed by atoms with E-state index in [2.05, 4.69) is 10.3 Å². The van der Waals surface area contributed by atoms with Crippen LogP contribution in [-0.4, -0.2) is 44.8 Å². The van der Waals surface area contributed by atoms with E-state index in [1.54, 1.807) is 6.07 Å². The fourth-order valence-electron chi connectivity index (χ4n) is 2.10. The number of methoxy groups -OCH3 is 3. The lowest BCUT2D eigenvalue weighted by Crippen LogP contribution is -2.21. The van der Waals surface area contributed by atoms with Gasteiger partial charge in [0.25, 0.3) is 5.91 Å². The van der Waals surface area contributed by atoms with Gasteiger partial charge in [0.1, 0.15) is 11.4 Å². The Balaban J connectivity index is 2.05. The van der Waals surface area contributed by atoms with Crippen molar-refractivity contribution in [3.63, 3.8) is 0 Å². The summed E-state index contributed by atoms with van der Waals surface area (Å²) in [6.07, 6.45) is 1.39. The number of aromatic nitrogens is 1. The van der Waals surface area contributed by atoms with Gasteiger partial charge < -0.3 is 24.3 Å². The third-order valence-corrected chi connectivity index (χ3v) is 3.48. The van der Waals surface area contributed by atoms with Gasteiger partial charge in [0, 0.05) is 6.20 Å². The van der Waals surface area contributed by atoms with Crippen LogP contribution in [0.1, 0.15) is 10.4 Å². The van der Waals surface area contributed by atoms with Crippen molar-refractivity contribution in [2.24, 2.45) is 0 Å². The molecule has 1 N–H and O–H groups in total. The zero-order valence-electron chi connectivity index (χ0n) is 14.4. The lowest BCUT2D eigenvalue weighted by atomic mass is 10.1.